The van der Waals surface area contributed by atoms with Gasteiger partial charge in [-0.2, -0.15) is 5.10 Å². The number of hydrogen-bond donors (Lipinski definition) is 0. The van der Waals surface area contributed by atoms with Gasteiger partial charge in [-0.1, -0.05) is 47.5 Å². The van der Waals surface area contributed by atoms with Gasteiger partial charge in [0.1, 0.15) is 0 Å². The summed E-state index contributed by atoms with van der Waals surface area (Å²) in [6, 6.07) is 19.4. The molecule has 0 amide bonds. The zero-order valence-corrected chi connectivity index (χ0v) is 23.1. The quantitative estimate of drug-likeness (QED) is 0.183. The van der Waals surface area contributed by atoms with Crippen LogP contribution in [-0.4, -0.2) is 15.6 Å². The third kappa shape index (κ3) is 4.96. The minimum absolute atomic E-state index is 0. The fraction of sp³-hybridized carbons (Fsp3) is 0.214. The summed E-state index contributed by atoms with van der Waals surface area (Å²) in [6.07, 6.45) is 0.643. The summed E-state index contributed by atoms with van der Waals surface area (Å²) < 4.78 is 0. The molecule has 6 nitrogen and oxygen atoms in total. The molecule has 0 aliphatic carbocycles. The number of aryl methyl sites for hydroxylation is 4. The zero-order chi connectivity index (χ0) is 24.7. The van der Waals surface area contributed by atoms with E-state index in [2.05, 4.69) is 69.5 Å². The van der Waals surface area contributed by atoms with Gasteiger partial charge < -0.3 is 0 Å². The Labute approximate surface area is 225 Å². The minimum Gasteiger partial charge on any atom is -0.258 e. The van der Waals surface area contributed by atoms with Crippen LogP contribution in [0.4, 0.5) is 10.8 Å². The number of halogens is 1. The van der Waals surface area contributed by atoms with Gasteiger partial charge in [-0.05, 0) is 56.5 Å². The van der Waals surface area contributed by atoms with Gasteiger partial charge in [0, 0.05) is 35.1 Å². The topological polar surface area (TPSA) is 71.6 Å². The van der Waals surface area contributed by atoms with Crippen LogP contribution < -0.4 is 5.01 Å². The van der Waals surface area contributed by atoms with Gasteiger partial charge in [-0.25, -0.2) is 9.99 Å². The van der Waals surface area contributed by atoms with Crippen LogP contribution in [0.1, 0.15) is 45.8 Å². The Morgan fingerprint density at radius 3 is 2.31 bits per heavy atom. The van der Waals surface area contributed by atoms with Crippen LogP contribution >= 0.6 is 28.3 Å². The number of hydrazone groups is 1. The molecule has 1 atom stereocenters. The second kappa shape index (κ2) is 10.3. The molecule has 0 bridgehead atoms. The fourth-order valence-electron chi connectivity index (χ4n) is 4.51. The van der Waals surface area contributed by atoms with Crippen molar-refractivity contribution in [3.8, 4) is 11.3 Å². The molecule has 1 aliphatic heterocycles. The summed E-state index contributed by atoms with van der Waals surface area (Å²) in [6.45, 7) is 8.33. The van der Waals surface area contributed by atoms with Crippen molar-refractivity contribution in [2.45, 2.75) is 40.2 Å². The maximum atomic E-state index is 11.5. The van der Waals surface area contributed by atoms with Crippen molar-refractivity contribution in [1.29, 1.82) is 0 Å². The van der Waals surface area contributed by atoms with Crippen LogP contribution in [0.2, 0.25) is 0 Å². The molecule has 0 radical (unpaired) electrons. The molecular weight excluding hydrogens is 536 g/mol. The molecule has 184 valence electrons. The number of aromatic nitrogens is 1. The second-order valence-corrected chi connectivity index (χ2v) is 9.95. The third-order valence-electron chi connectivity index (χ3n) is 6.44. The first-order chi connectivity index (χ1) is 16.8. The number of anilines is 1. The van der Waals surface area contributed by atoms with Crippen LogP contribution in [0.25, 0.3) is 11.3 Å². The summed E-state index contributed by atoms with van der Waals surface area (Å²) in [7, 11) is 0. The third-order valence-corrected chi connectivity index (χ3v) is 7.27. The summed E-state index contributed by atoms with van der Waals surface area (Å²) in [5.41, 5.74) is 9.71. The van der Waals surface area contributed by atoms with E-state index in [0.29, 0.717) is 6.42 Å². The van der Waals surface area contributed by atoms with Gasteiger partial charge in [0.25, 0.3) is 5.69 Å². The molecule has 36 heavy (non-hydrogen) atoms. The van der Waals surface area contributed by atoms with Crippen molar-refractivity contribution in [2.24, 2.45) is 5.10 Å². The molecule has 4 aromatic rings. The normalized spacial score (nSPS) is 14.9. The van der Waals surface area contributed by atoms with Crippen molar-refractivity contribution in [3.63, 3.8) is 0 Å². The van der Waals surface area contributed by atoms with Crippen LogP contribution in [0.15, 0.2) is 71.1 Å². The van der Waals surface area contributed by atoms with Gasteiger partial charge >= 0.3 is 0 Å². The molecule has 0 N–H and O–H groups in total. The predicted octanol–water partition coefficient (Wildman–Crippen LogP) is 7.89. The molecule has 5 rings (SSSR count). The number of benzene rings is 3. The van der Waals surface area contributed by atoms with E-state index >= 15 is 0 Å². The first kappa shape index (κ1) is 25.7. The summed E-state index contributed by atoms with van der Waals surface area (Å²) in [5.74, 6) is 0. The molecule has 0 saturated heterocycles. The van der Waals surface area contributed by atoms with Gasteiger partial charge in [-0.15, -0.1) is 28.3 Å². The molecular formula is C28H27BrN4O2S. The van der Waals surface area contributed by atoms with Crippen LogP contribution in [0.5, 0.6) is 0 Å². The highest BCUT2D eigenvalue weighted by atomic mass is 79.9. The highest BCUT2D eigenvalue weighted by Gasteiger charge is 2.33. The van der Waals surface area contributed by atoms with E-state index in [9.17, 15) is 10.1 Å². The lowest BCUT2D eigenvalue weighted by atomic mass is 9.95. The van der Waals surface area contributed by atoms with Crippen LogP contribution in [0, 0.1) is 37.8 Å². The molecule has 0 fully saturated rings. The number of rotatable bonds is 5. The Bertz CT molecular complexity index is 1480. The van der Waals surface area contributed by atoms with E-state index in [1.807, 2.05) is 11.1 Å². The Balaban J connectivity index is 0.00000304. The number of nitro benzene ring substituents is 1. The molecule has 2 heterocycles. The number of non-ortho nitro benzene ring substituents is 1. The lowest BCUT2D eigenvalue weighted by Crippen LogP contribution is -2.18. The fourth-order valence-corrected chi connectivity index (χ4v) is 5.33. The minimum atomic E-state index is -0.350. The first-order valence-electron chi connectivity index (χ1n) is 11.5. The van der Waals surface area contributed by atoms with E-state index in [1.54, 1.807) is 23.5 Å². The van der Waals surface area contributed by atoms with E-state index in [-0.39, 0.29) is 33.6 Å². The molecule has 0 spiro atoms. The van der Waals surface area contributed by atoms with E-state index in [0.717, 1.165) is 38.8 Å². The Morgan fingerprint density at radius 2 is 1.61 bits per heavy atom. The number of nitrogens with zero attached hydrogens (tertiary/aromatic N) is 4. The maximum Gasteiger partial charge on any atom is 0.269 e. The van der Waals surface area contributed by atoms with Gasteiger partial charge in [0.05, 0.1) is 22.4 Å². The van der Waals surface area contributed by atoms with Crippen molar-refractivity contribution in [1.82, 2.24) is 4.98 Å². The van der Waals surface area contributed by atoms with Crippen LogP contribution in [-0.2, 0) is 0 Å². The van der Waals surface area contributed by atoms with Gasteiger partial charge in [0.15, 0.2) is 0 Å². The highest BCUT2D eigenvalue weighted by Crippen LogP contribution is 2.41. The first-order valence-corrected chi connectivity index (χ1v) is 12.4. The molecule has 3 aromatic carbocycles. The van der Waals surface area contributed by atoms with Gasteiger partial charge in [-0.3, -0.25) is 10.1 Å². The summed E-state index contributed by atoms with van der Waals surface area (Å²) >= 11 is 1.54. The lowest BCUT2D eigenvalue weighted by Gasteiger charge is -2.21. The Kier molecular flexibility index (Phi) is 7.38. The highest BCUT2D eigenvalue weighted by molar-refractivity contribution is 8.93. The van der Waals surface area contributed by atoms with E-state index in [4.69, 9.17) is 10.1 Å². The van der Waals surface area contributed by atoms with Gasteiger partial charge in [0.2, 0.25) is 5.13 Å². The molecule has 0 saturated carbocycles. The predicted molar refractivity (Wildman–Crippen MR) is 153 cm³/mol. The standard InChI is InChI=1S/C28H26N4O2S.BrH/c1-17-8-10-19(3)23(12-17)25-15-27(21-6-5-7-22(14-21)32(33)34)31(30-25)28-29-26(16-35-28)24-13-18(2)9-11-20(24)4;/h5-14,16,27H,15H2,1-4H3;1H. The van der Waals surface area contributed by atoms with Crippen molar-refractivity contribution >= 4 is 44.8 Å². The molecule has 1 aliphatic rings. The Hall–Kier alpha value is -3.36. The van der Waals surface area contributed by atoms with E-state index < -0.39 is 0 Å². The average molecular weight is 564 g/mol. The molecule has 8 heteroatoms. The van der Waals surface area contributed by atoms with Crippen molar-refractivity contribution in [3.05, 3.63) is 110 Å². The Morgan fingerprint density at radius 1 is 0.944 bits per heavy atom. The van der Waals surface area contributed by atoms with Crippen molar-refractivity contribution < 1.29 is 4.92 Å². The SMILES string of the molecule is Br.Cc1ccc(C)c(C2=NN(c3nc(-c4cc(C)ccc4C)cs3)C(c3cccc([N+](=O)[O-])c3)C2)c1. The summed E-state index contributed by atoms with van der Waals surface area (Å²) in [5, 5.41) is 21.3. The molecule has 1 aromatic heterocycles. The lowest BCUT2D eigenvalue weighted by molar-refractivity contribution is -0.384. The largest absolute Gasteiger partial charge is 0.269 e. The molecule has 1 unspecified atom stereocenters. The maximum absolute atomic E-state index is 11.5. The van der Waals surface area contributed by atoms with E-state index in [1.165, 1.54) is 22.8 Å². The smallest absolute Gasteiger partial charge is 0.258 e. The monoisotopic (exact) mass is 562 g/mol. The number of hydrogen-bond acceptors (Lipinski definition) is 6. The zero-order valence-electron chi connectivity index (χ0n) is 20.6. The number of nitro groups is 1. The van der Waals surface area contributed by atoms with Crippen LogP contribution in [0.3, 0.4) is 0 Å². The van der Waals surface area contributed by atoms with Crippen molar-refractivity contribution in [2.75, 3.05) is 5.01 Å². The second-order valence-electron chi connectivity index (χ2n) is 9.12. The summed E-state index contributed by atoms with van der Waals surface area (Å²) in [4.78, 5) is 16.1. The number of thiazole rings is 1. The average Bonchev–Trinajstić information content (AvgIpc) is 3.50.